The molecular formula is C16H21ClN6O. The van der Waals surface area contributed by atoms with Crippen molar-refractivity contribution in [2.45, 2.75) is 44.8 Å². The summed E-state index contributed by atoms with van der Waals surface area (Å²) in [5, 5.41) is 7.59. The van der Waals surface area contributed by atoms with Crippen LogP contribution in [-0.4, -0.2) is 49.2 Å². The van der Waals surface area contributed by atoms with Crippen molar-refractivity contribution in [2.75, 3.05) is 11.9 Å². The molecule has 1 aliphatic rings. The van der Waals surface area contributed by atoms with Crippen LogP contribution in [0.5, 0.6) is 0 Å². The molecule has 0 spiro atoms. The Morgan fingerprint density at radius 3 is 3.04 bits per heavy atom. The van der Waals surface area contributed by atoms with Crippen LogP contribution in [0.2, 0.25) is 5.02 Å². The lowest BCUT2D eigenvalue weighted by molar-refractivity contribution is -0.122. The lowest BCUT2D eigenvalue weighted by atomic mass is 9.99. The van der Waals surface area contributed by atoms with Gasteiger partial charge in [-0.3, -0.25) is 14.4 Å². The van der Waals surface area contributed by atoms with Crippen LogP contribution in [0.15, 0.2) is 31.0 Å². The number of rotatable bonds is 5. The molecule has 0 bridgehead atoms. The smallest absolute Gasteiger partial charge is 0.242 e. The zero-order valence-corrected chi connectivity index (χ0v) is 14.4. The van der Waals surface area contributed by atoms with Gasteiger partial charge in [-0.15, -0.1) is 0 Å². The maximum absolute atomic E-state index is 12.6. The van der Waals surface area contributed by atoms with Crippen molar-refractivity contribution in [3.8, 4) is 0 Å². The Bertz CT molecular complexity index is 660. The van der Waals surface area contributed by atoms with E-state index >= 15 is 0 Å². The van der Waals surface area contributed by atoms with Crippen LogP contribution in [0.1, 0.15) is 26.2 Å². The number of likely N-dealkylation sites (tertiary alicyclic amines) is 1. The molecule has 0 radical (unpaired) electrons. The van der Waals surface area contributed by atoms with E-state index in [2.05, 4.69) is 25.3 Å². The number of halogens is 1. The molecule has 2 aromatic rings. The number of pyridine rings is 1. The van der Waals surface area contributed by atoms with Gasteiger partial charge in [-0.2, -0.15) is 5.10 Å². The molecule has 0 aromatic carbocycles. The zero-order valence-electron chi connectivity index (χ0n) is 13.6. The molecule has 2 atom stereocenters. The number of anilines is 1. The molecule has 1 aliphatic heterocycles. The second kappa shape index (κ2) is 7.72. The molecule has 1 fully saturated rings. The number of hydrogen-bond donors (Lipinski definition) is 1. The van der Waals surface area contributed by atoms with Crippen molar-refractivity contribution < 1.29 is 4.79 Å². The molecule has 2 aromatic heterocycles. The summed E-state index contributed by atoms with van der Waals surface area (Å²) in [6, 6.07) is 3.45. The summed E-state index contributed by atoms with van der Waals surface area (Å²) < 4.78 is 1.83. The highest BCUT2D eigenvalue weighted by Gasteiger charge is 2.30. The average molecular weight is 349 g/mol. The summed E-state index contributed by atoms with van der Waals surface area (Å²) in [6.07, 6.45) is 8.10. The van der Waals surface area contributed by atoms with E-state index in [1.165, 1.54) is 18.9 Å². The first kappa shape index (κ1) is 16.9. The standard InChI is InChI=1S/C16H21ClN6O/c1-12(16(24)21-15-6-5-13(17)8-19-15)23-7-3-2-4-14(23)9-22-11-18-10-20-22/h5-6,8,10-12,14H,2-4,7,9H2,1H3,(H,19,21,24)/t12-,14+/m1/s1. The third-order valence-electron chi connectivity index (χ3n) is 4.39. The van der Waals surface area contributed by atoms with Gasteiger partial charge in [0.2, 0.25) is 5.91 Å². The molecule has 8 heteroatoms. The molecule has 0 unspecified atom stereocenters. The Hall–Kier alpha value is -1.99. The Labute approximate surface area is 146 Å². The minimum Gasteiger partial charge on any atom is -0.309 e. The second-order valence-corrected chi connectivity index (χ2v) is 6.47. The lowest BCUT2D eigenvalue weighted by Gasteiger charge is -2.39. The predicted octanol–water partition coefficient (Wildman–Crippen LogP) is 2.21. The van der Waals surface area contributed by atoms with Gasteiger partial charge in [0.15, 0.2) is 0 Å². The number of amides is 1. The van der Waals surface area contributed by atoms with Gasteiger partial charge in [0.1, 0.15) is 18.5 Å². The van der Waals surface area contributed by atoms with Crippen molar-refractivity contribution in [1.29, 1.82) is 0 Å². The highest BCUT2D eigenvalue weighted by molar-refractivity contribution is 6.30. The first-order valence-electron chi connectivity index (χ1n) is 8.14. The quantitative estimate of drug-likeness (QED) is 0.896. The molecule has 0 saturated carbocycles. The molecule has 1 saturated heterocycles. The van der Waals surface area contributed by atoms with Crippen molar-refractivity contribution in [1.82, 2.24) is 24.6 Å². The molecule has 3 rings (SSSR count). The maximum Gasteiger partial charge on any atom is 0.242 e. The Morgan fingerprint density at radius 2 is 2.33 bits per heavy atom. The maximum atomic E-state index is 12.6. The minimum absolute atomic E-state index is 0.0599. The normalized spacial score (nSPS) is 19.8. The van der Waals surface area contributed by atoms with E-state index < -0.39 is 0 Å². The SMILES string of the molecule is C[C@H](C(=O)Nc1ccc(Cl)cn1)N1CCCC[C@H]1Cn1cncn1. The highest BCUT2D eigenvalue weighted by atomic mass is 35.5. The van der Waals surface area contributed by atoms with E-state index in [0.717, 1.165) is 25.9 Å². The number of nitrogens with zero attached hydrogens (tertiary/aromatic N) is 5. The molecule has 7 nitrogen and oxygen atoms in total. The van der Waals surface area contributed by atoms with Crippen LogP contribution in [0.3, 0.4) is 0 Å². The molecule has 128 valence electrons. The number of nitrogens with one attached hydrogen (secondary N) is 1. The van der Waals surface area contributed by atoms with E-state index in [4.69, 9.17) is 11.6 Å². The van der Waals surface area contributed by atoms with Gasteiger partial charge in [-0.05, 0) is 38.4 Å². The number of aromatic nitrogens is 4. The van der Waals surface area contributed by atoms with Crippen LogP contribution in [0.4, 0.5) is 5.82 Å². The summed E-state index contributed by atoms with van der Waals surface area (Å²) in [5.41, 5.74) is 0. The fourth-order valence-electron chi connectivity index (χ4n) is 3.10. The molecule has 1 amide bonds. The first-order valence-corrected chi connectivity index (χ1v) is 8.52. The van der Waals surface area contributed by atoms with E-state index in [1.807, 2.05) is 11.6 Å². The van der Waals surface area contributed by atoms with Crippen molar-refractivity contribution in [3.63, 3.8) is 0 Å². The summed E-state index contributed by atoms with van der Waals surface area (Å²) >= 11 is 5.82. The van der Waals surface area contributed by atoms with Gasteiger partial charge in [-0.1, -0.05) is 18.0 Å². The van der Waals surface area contributed by atoms with Gasteiger partial charge >= 0.3 is 0 Å². The van der Waals surface area contributed by atoms with Crippen LogP contribution in [0, 0.1) is 0 Å². The molecule has 0 aliphatic carbocycles. The highest BCUT2D eigenvalue weighted by Crippen LogP contribution is 2.21. The lowest BCUT2D eigenvalue weighted by Crippen LogP contribution is -2.51. The Balaban J connectivity index is 1.65. The summed E-state index contributed by atoms with van der Waals surface area (Å²) in [7, 11) is 0. The topological polar surface area (TPSA) is 75.9 Å². The molecule has 24 heavy (non-hydrogen) atoms. The monoisotopic (exact) mass is 348 g/mol. The second-order valence-electron chi connectivity index (χ2n) is 6.03. The summed E-state index contributed by atoms with van der Waals surface area (Å²) in [6.45, 7) is 3.59. The Kier molecular flexibility index (Phi) is 5.42. The van der Waals surface area contributed by atoms with Gasteiger partial charge in [0.25, 0.3) is 0 Å². The number of carbonyl (C=O) groups is 1. The van der Waals surface area contributed by atoms with Crippen LogP contribution >= 0.6 is 11.6 Å². The molecule has 3 heterocycles. The number of hydrogen-bond acceptors (Lipinski definition) is 5. The number of piperidine rings is 1. The van der Waals surface area contributed by atoms with Gasteiger partial charge in [0, 0.05) is 12.2 Å². The van der Waals surface area contributed by atoms with Crippen LogP contribution < -0.4 is 5.32 Å². The van der Waals surface area contributed by atoms with E-state index in [-0.39, 0.29) is 18.0 Å². The largest absolute Gasteiger partial charge is 0.309 e. The number of carbonyl (C=O) groups excluding carboxylic acids is 1. The fraction of sp³-hybridized carbons (Fsp3) is 0.500. The fourth-order valence-corrected chi connectivity index (χ4v) is 3.21. The minimum atomic E-state index is -0.240. The van der Waals surface area contributed by atoms with Gasteiger partial charge in [-0.25, -0.2) is 9.97 Å². The van der Waals surface area contributed by atoms with Crippen LogP contribution in [-0.2, 0) is 11.3 Å². The third-order valence-corrected chi connectivity index (χ3v) is 4.62. The predicted molar refractivity (Wildman–Crippen MR) is 91.7 cm³/mol. The first-order chi connectivity index (χ1) is 11.6. The average Bonchev–Trinajstić information content (AvgIpc) is 3.10. The van der Waals surface area contributed by atoms with Crippen molar-refractivity contribution >= 4 is 23.3 Å². The van der Waals surface area contributed by atoms with Gasteiger partial charge in [0.05, 0.1) is 17.6 Å². The molecular weight excluding hydrogens is 328 g/mol. The van der Waals surface area contributed by atoms with E-state index in [0.29, 0.717) is 10.8 Å². The summed E-state index contributed by atoms with van der Waals surface area (Å²) in [4.78, 5) is 22.9. The van der Waals surface area contributed by atoms with Crippen LogP contribution in [0.25, 0.3) is 0 Å². The van der Waals surface area contributed by atoms with Gasteiger partial charge < -0.3 is 5.32 Å². The van der Waals surface area contributed by atoms with E-state index in [1.54, 1.807) is 18.5 Å². The Morgan fingerprint density at radius 1 is 1.46 bits per heavy atom. The molecule has 1 N–H and O–H groups in total. The van der Waals surface area contributed by atoms with E-state index in [9.17, 15) is 4.79 Å². The van der Waals surface area contributed by atoms with Crippen molar-refractivity contribution in [2.24, 2.45) is 0 Å². The third kappa shape index (κ3) is 4.10. The zero-order chi connectivity index (χ0) is 16.9. The van der Waals surface area contributed by atoms with Crippen molar-refractivity contribution in [3.05, 3.63) is 36.0 Å². The summed E-state index contributed by atoms with van der Waals surface area (Å²) in [5.74, 6) is 0.455.